The Morgan fingerprint density at radius 3 is 1.97 bits per heavy atom. The largest absolute Gasteiger partial charge is 0.497 e. The minimum Gasteiger partial charge on any atom is -0.497 e. The van der Waals surface area contributed by atoms with Gasteiger partial charge in [0.1, 0.15) is 5.75 Å². The van der Waals surface area contributed by atoms with Gasteiger partial charge in [0.15, 0.2) is 0 Å². The van der Waals surface area contributed by atoms with E-state index in [4.69, 9.17) is 4.74 Å². The van der Waals surface area contributed by atoms with Crippen LogP contribution < -0.4 is 20.3 Å². The number of carbonyl (C=O) groups is 2. The SMILES string of the molecule is COc1ccc(N2CC(NC(=O)NC3CCCCCCCCCCC3)CC2=O)cc1. The average molecular weight is 416 g/mol. The molecule has 30 heavy (non-hydrogen) atoms. The molecule has 1 heterocycles. The summed E-state index contributed by atoms with van der Waals surface area (Å²) in [6.45, 7) is 0.503. The summed E-state index contributed by atoms with van der Waals surface area (Å²) in [6.07, 6.45) is 14.0. The number of amides is 3. The van der Waals surface area contributed by atoms with Crippen LogP contribution in [0.4, 0.5) is 10.5 Å². The third-order valence-corrected chi connectivity index (χ3v) is 6.28. The van der Waals surface area contributed by atoms with Crippen molar-refractivity contribution < 1.29 is 14.3 Å². The highest BCUT2D eigenvalue weighted by Crippen LogP contribution is 2.24. The molecule has 3 rings (SSSR count). The van der Waals surface area contributed by atoms with E-state index in [-0.39, 0.29) is 24.0 Å². The van der Waals surface area contributed by atoms with Gasteiger partial charge in [0.25, 0.3) is 0 Å². The highest BCUT2D eigenvalue weighted by Gasteiger charge is 2.31. The highest BCUT2D eigenvalue weighted by molar-refractivity contribution is 5.96. The molecule has 0 bridgehead atoms. The van der Waals surface area contributed by atoms with Gasteiger partial charge in [-0.05, 0) is 37.1 Å². The van der Waals surface area contributed by atoms with Crippen LogP contribution in [0.5, 0.6) is 5.75 Å². The van der Waals surface area contributed by atoms with Crippen molar-refractivity contribution >= 4 is 17.6 Å². The first-order chi connectivity index (χ1) is 14.7. The second-order valence-electron chi connectivity index (χ2n) is 8.68. The molecule has 6 heteroatoms. The van der Waals surface area contributed by atoms with Crippen LogP contribution in [0.3, 0.4) is 0 Å². The van der Waals surface area contributed by atoms with Crippen LogP contribution in [-0.2, 0) is 4.79 Å². The average Bonchev–Trinajstić information content (AvgIpc) is 3.10. The number of nitrogens with zero attached hydrogens (tertiary/aromatic N) is 1. The van der Waals surface area contributed by atoms with Crippen molar-refractivity contribution in [1.29, 1.82) is 0 Å². The quantitative estimate of drug-likeness (QED) is 0.744. The summed E-state index contributed by atoms with van der Waals surface area (Å²) in [6, 6.07) is 7.39. The molecule has 1 aromatic rings. The van der Waals surface area contributed by atoms with Gasteiger partial charge in [0, 0.05) is 24.7 Å². The van der Waals surface area contributed by atoms with Crippen molar-refractivity contribution in [2.24, 2.45) is 0 Å². The van der Waals surface area contributed by atoms with Gasteiger partial charge >= 0.3 is 6.03 Å². The minimum absolute atomic E-state index is 0.0384. The van der Waals surface area contributed by atoms with Crippen molar-refractivity contribution in [2.75, 3.05) is 18.6 Å². The zero-order chi connectivity index (χ0) is 21.2. The van der Waals surface area contributed by atoms with E-state index in [0.29, 0.717) is 13.0 Å². The summed E-state index contributed by atoms with van der Waals surface area (Å²) >= 11 is 0. The summed E-state index contributed by atoms with van der Waals surface area (Å²) in [7, 11) is 1.62. The van der Waals surface area contributed by atoms with E-state index < -0.39 is 0 Å². The molecule has 1 atom stereocenters. The van der Waals surface area contributed by atoms with Crippen LogP contribution in [0.25, 0.3) is 0 Å². The van der Waals surface area contributed by atoms with Gasteiger partial charge in [-0.2, -0.15) is 0 Å². The van der Waals surface area contributed by atoms with Gasteiger partial charge in [-0.1, -0.05) is 57.8 Å². The Balaban J connectivity index is 1.47. The zero-order valence-electron chi connectivity index (χ0n) is 18.3. The number of hydrogen-bond acceptors (Lipinski definition) is 3. The number of nitrogens with one attached hydrogen (secondary N) is 2. The van der Waals surface area contributed by atoms with Crippen LogP contribution >= 0.6 is 0 Å². The summed E-state index contributed by atoms with van der Waals surface area (Å²) < 4.78 is 5.18. The minimum atomic E-state index is -0.161. The molecule has 1 saturated heterocycles. The second-order valence-corrected chi connectivity index (χ2v) is 8.68. The lowest BCUT2D eigenvalue weighted by Crippen LogP contribution is -2.47. The fourth-order valence-electron chi connectivity index (χ4n) is 4.54. The lowest BCUT2D eigenvalue weighted by molar-refractivity contribution is -0.117. The predicted octanol–water partition coefficient (Wildman–Crippen LogP) is 4.77. The van der Waals surface area contributed by atoms with Gasteiger partial charge in [-0.15, -0.1) is 0 Å². The first kappa shape index (κ1) is 22.4. The molecular weight excluding hydrogens is 378 g/mol. The molecule has 2 N–H and O–H groups in total. The Hall–Kier alpha value is -2.24. The van der Waals surface area contributed by atoms with E-state index in [9.17, 15) is 9.59 Å². The monoisotopic (exact) mass is 415 g/mol. The number of carbonyl (C=O) groups excluding carboxylic acids is 2. The Bertz CT molecular complexity index is 665. The van der Waals surface area contributed by atoms with Crippen molar-refractivity contribution in [3.8, 4) is 5.75 Å². The van der Waals surface area contributed by atoms with Gasteiger partial charge in [-0.3, -0.25) is 4.79 Å². The highest BCUT2D eigenvalue weighted by atomic mass is 16.5. The number of ether oxygens (including phenoxy) is 1. The number of hydrogen-bond donors (Lipinski definition) is 2. The van der Waals surface area contributed by atoms with Crippen LogP contribution in [0, 0.1) is 0 Å². The van der Waals surface area contributed by atoms with Crippen LogP contribution in [0.15, 0.2) is 24.3 Å². The van der Waals surface area contributed by atoms with E-state index >= 15 is 0 Å². The summed E-state index contributed by atoms with van der Waals surface area (Å²) in [5.74, 6) is 0.799. The van der Waals surface area contributed by atoms with Crippen molar-refractivity contribution in [3.63, 3.8) is 0 Å². The molecule has 1 unspecified atom stereocenters. The normalized spacial score (nSPS) is 22.1. The molecule has 3 amide bonds. The van der Waals surface area contributed by atoms with Gasteiger partial charge < -0.3 is 20.3 Å². The Labute approximate surface area is 180 Å². The van der Waals surface area contributed by atoms with E-state index in [1.165, 1.54) is 57.8 Å². The molecule has 166 valence electrons. The third-order valence-electron chi connectivity index (χ3n) is 6.28. The van der Waals surface area contributed by atoms with Crippen molar-refractivity contribution in [2.45, 2.75) is 89.1 Å². The van der Waals surface area contributed by atoms with Crippen LogP contribution in [0.2, 0.25) is 0 Å². The standard InChI is InChI=1S/C24H37N3O3/c1-30-22-15-13-21(14-16-22)27-18-20(17-23(27)28)26-24(29)25-19-11-9-7-5-3-2-4-6-8-10-12-19/h13-16,19-20H,2-12,17-18H2,1H3,(H2,25,26,29). The van der Waals surface area contributed by atoms with Gasteiger partial charge in [0.05, 0.1) is 13.2 Å². The number of methoxy groups -OCH3 is 1. The lowest BCUT2D eigenvalue weighted by atomic mass is 9.98. The summed E-state index contributed by atoms with van der Waals surface area (Å²) in [5, 5.41) is 6.21. The van der Waals surface area contributed by atoms with E-state index in [2.05, 4.69) is 10.6 Å². The molecule has 1 aromatic carbocycles. The maximum Gasteiger partial charge on any atom is 0.315 e. The molecule has 6 nitrogen and oxygen atoms in total. The molecule has 2 aliphatic rings. The maximum atomic E-state index is 12.6. The summed E-state index contributed by atoms with van der Waals surface area (Å²) in [4.78, 5) is 26.8. The van der Waals surface area contributed by atoms with Crippen LogP contribution in [0.1, 0.15) is 77.0 Å². The molecule has 2 fully saturated rings. The third kappa shape index (κ3) is 6.92. The first-order valence-corrected chi connectivity index (χ1v) is 11.7. The first-order valence-electron chi connectivity index (χ1n) is 11.7. The Kier molecular flexibility index (Phi) is 8.84. The number of anilines is 1. The molecular formula is C24H37N3O3. The van der Waals surface area contributed by atoms with E-state index in [0.717, 1.165) is 24.3 Å². The second kappa shape index (κ2) is 11.8. The maximum absolute atomic E-state index is 12.6. The van der Waals surface area contributed by atoms with E-state index in [1.54, 1.807) is 12.0 Å². The zero-order valence-corrected chi connectivity index (χ0v) is 18.3. The molecule has 0 spiro atoms. The number of urea groups is 1. The van der Waals surface area contributed by atoms with Crippen LogP contribution in [-0.4, -0.2) is 37.7 Å². The fraction of sp³-hybridized carbons (Fsp3) is 0.667. The van der Waals surface area contributed by atoms with Gasteiger partial charge in [0.2, 0.25) is 5.91 Å². The fourth-order valence-corrected chi connectivity index (χ4v) is 4.54. The smallest absolute Gasteiger partial charge is 0.315 e. The summed E-state index contributed by atoms with van der Waals surface area (Å²) in [5.41, 5.74) is 0.838. The van der Waals surface area contributed by atoms with E-state index in [1.807, 2.05) is 24.3 Å². The van der Waals surface area contributed by atoms with Gasteiger partial charge in [-0.25, -0.2) is 4.79 Å². The predicted molar refractivity (Wildman–Crippen MR) is 120 cm³/mol. The van der Waals surface area contributed by atoms with Crippen molar-refractivity contribution in [3.05, 3.63) is 24.3 Å². The molecule has 1 aliphatic heterocycles. The number of benzene rings is 1. The molecule has 1 saturated carbocycles. The molecule has 1 aliphatic carbocycles. The number of rotatable bonds is 4. The topological polar surface area (TPSA) is 70.7 Å². The Morgan fingerprint density at radius 2 is 1.40 bits per heavy atom. The lowest BCUT2D eigenvalue weighted by Gasteiger charge is -2.22. The molecule has 0 aromatic heterocycles. The Morgan fingerprint density at radius 1 is 0.867 bits per heavy atom. The molecule has 0 radical (unpaired) electrons. The van der Waals surface area contributed by atoms with Crippen molar-refractivity contribution in [1.82, 2.24) is 10.6 Å².